The quantitative estimate of drug-likeness (QED) is 0.275. The Labute approximate surface area is 174 Å². The summed E-state index contributed by atoms with van der Waals surface area (Å²) < 4.78 is 25.4. The van der Waals surface area contributed by atoms with Crippen molar-refractivity contribution in [1.82, 2.24) is 0 Å². The first-order chi connectivity index (χ1) is 13.5. The van der Waals surface area contributed by atoms with Crippen LogP contribution in [0.5, 0.6) is 0 Å². The minimum absolute atomic E-state index is 0.0105. The molecule has 1 saturated carbocycles. The molecule has 29 heavy (non-hydrogen) atoms. The fourth-order valence-electron chi connectivity index (χ4n) is 3.70. The van der Waals surface area contributed by atoms with Crippen LogP contribution in [-0.2, 0) is 25.2 Å². The van der Waals surface area contributed by atoms with E-state index in [1.807, 2.05) is 44.2 Å². The number of fused-ring (bicyclic) bond motifs is 1. The predicted octanol–water partition coefficient (Wildman–Crippen LogP) is 5.17. The van der Waals surface area contributed by atoms with E-state index in [2.05, 4.69) is 43.9 Å². The van der Waals surface area contributed by atoms with Crippen molar-refractivity contribution in [1.29, 1.82) is 0 Å². The smallest absolute Gasteiger partial charge is 0.192 e. The fourth-order valence-corrected chi connectivity index (χ4v) is 5.01. The first kappa shape index (κ1) is 22.3. The van der Waals surface area contributed by atoms with E-state index < -0.39 is 32.4 Å². The van der Waals surface area contributed by atoms with E-state index in [4.69, 9.17) is 18.6 Å². The Morgan fingerprint density at radius 1 is 1.10 bits per heavy atom. The number of rotatable bonds is 6. The van der Waals surface area contributed by atoms with Crippen molar-refractivity contribution in [2.24, 2.45) is 5.11 Å². The van der Waals surface area contributed by atoms with Gasteiger partial charge in [-0.2, -0.15) is 0 Å². The molecule has 1 aromatic rings. The van der Waals surface area contributed by atoms with Gasteiger partial charge in [0.1, 0.15) is 18.3 Å². The molecule has 5 atom stereocenters. The van der Waals surface area contributed by atoms with Crippen molar-refractivity contribution in [2.75, 3.05) is 0 Å². The van der Waals surface area contributed by atoms with E-state index in [1.54, 1.807) is 0 Å². The van der Waals surface area contributed by atoms with Gasteiger partial charge in [-0.15, -0.1) is 0 Å². The van der Waals surface area contributed by atoms with Crippen LogP contribution >= 0.6 is 0 Å². The van der Waals surface area contributed by atoms with Gasteiger partial charge in [0, 0.05) is 4.91 Å². The highest BCUT2D eigenvalue weighted by molar-refractivity contribution is 6.74. The lowest BCUT2D eigenvalue weighted by molar-refractivity contribution is -0.181. The van der Waals surface area contributed by atoms with E-state index in [0.717, 1.165) is 5.56 Å². The molecule has 7 nitrogen and oxygen atoms in total. The van der Waals surface area contributed by atoms with Crippen LogP contribution in [0.3, 0.4) is 0 Å². The molecule has 1 aliphatic heterocycles. The largest absolute Gasteiger partial charge is 0.411 e. The summed E-state index contributed by atoms with van der Waals surface area (Å²) in [6.07, 6.45) is -1.54. The Kier molecular flexibility index (Phi) is 6.16. The molecule has 160 valence electrons. The second-order valence-electron chi connectivity index (χ2n) is 9.86. The number of azide groups is 1. The molecule has 0 unspecified atom stereocenters. The summed E-state index contributed by atoms with van der Waals surface area (Å²) >= 11 is 0. The first-order valence-electron chi connectivity index (χ1n) is 10.2. The zero-order valence-corrected chi connectivity index (χ0v) is 19.5. The molecule has 0 radical (unpaired) electrons. The lowest BCUT2D eigenvalue weighted by Crippen LogP contribution is -2.50. The monoisotopic (exact) mass is 419 g/mol. The van der Waals surface area contributed by atoms with Gasteiger partial charge in [0.15, 0.2) is 14.1 Å². The normalized spacial score (nSPS) is 31.3. The van der Waals surface area contributed by atoms with Crippen molar-refractivity contribution in [3.05, 3.63) is 46.3 Å². The molecule has 1 aliphatic carbocycles. The van der Waals surface area contributed by atoms with Gasteiger partial charge in [-0.05, 0) is 43.1 Å². The molecule has 0 amide bonds. The van der Waals surface area contributed by atoms with Crippen LogP contribution in [0.4, 0.5) is 0 Å². The third-order valence-electron chi connectivity index (χ3n) is 6.19. The summed E-state index contributed by atoms with van der Waals surface area (Å²) in [7, 11) is -2.15. The zero-order valence-electron chi connectivity index (χ0n) is 18.5. The lowest BCUT2D eigenvalue weighted by Gasteiger charge is -2.41. The van der Waals surface area contributed by atoms with Crippen molar-refractivity contribution in [2.45, 2.75) is 95.6 Å². The molecule has 0 N–H and O–H groups in total. The number of hydrogen-bond donors (Lipinski definition) is 0. The van der Waals surface area contributed by atoms with Crippen molar-refractivity contribution in [3.63, 3.8) is 0 Å². The van der Waals surface area contributed by atoms with Crippen molar-refractivity contribution >= 4 is 8.32 Å². The van der Waals surface area contributed by atoms with Gasteiger partial charge in [-0.3, -0.25) is 0 Å². The van der Waals surface area contributed by atoms with Gasteiger partial charge in [-0.25, -0.2) is 0 Å². The highest BCUT2D eigenvalue weighted by Crippen LogP contribution is 2.46. The van der Waals surface area contributed by atoms with Crippen LogP contribution in [-0.4, -0.2) is 44.6 Å². The molecule has 0 aromatic heterocycles. The maximum Gasteiger partial charge on any atom is 0.192 e. The maximum atomic E-state index is 9.22. The molecular weight excluding hydrogens is 386 g/mol. The van der Waals surface area contributed by atoms with Crippen LogP contribution in [0.25, 0.3) is 10.4 Å². The second-order valence-corrected chi connectivity index (χ2v) is 14.6. The zero-order chi connectivity index (χ0) is 21.4. The first-order valence-corrected chi connectivity index (χ1v) is 13.1. The number of nitrogens with zero attached hydrogens (tertiary/aromatic N) is 3. The van der Waals surface area contributed by atoms with Crippen LogP contribution in [0.15, 0.2) is 35.4 Å². The SMILES string of the molecule is CC1(C)O[C@H]2[C@H](OCc3ccccc3)[C@@H](O[Si](C)(C)C(C)(C)C)[C@@H](N=[N+]=[N-])[C@H]2O1. The van der Waals surface area contributed by atoms with Gasteiger partial charge in [0.2, 0.25) is 0 Å². The topological polar surface area (TPSA) is 85.7 Å². The molecule has 2 fully saturated rings. The van der Waals surface area contributed by atoms with Crippen LogP contribution in [0.1, 0.15) is 40.2 Å². The van der Waals surface area contributed by atoms with Gasteiger partial charge in [0.05, 0.1) is 18.8 Å². The molecule has 3 rings (SSSR count). The standard InChI is InChI=1S/C21H33N3O4Si/c1-20(2,3)29(6,7)28-17-15(23-24-22)16-19(27-21(4,5)26-16)18(17)25-13-14-11-9-8-10-12-14/h8-12,15-19H,13H2,1-7H3/t15-,16+,17-,18+,19+/m0/s1. The Bertz CT molecular complexity index is 759. The minimum atomic E-state index is -2.15. The number of benzene rings is 1. The van der Waals surface area contributed by atoms with Crippen molar-refractivity contribution in [3.8, 4) is 0 Å². The summed E-state index contributed by atoms with van der Waals surface area (Å²) in [5.41, 5.74) is 10.3. The van der Waals surface area contributed by atoms with Gasteiger partial charge in [0.25, 0.3) is 0 Å². The van der Waals surface area contributed by atoms with Crippen LogP contribution < -0.4 is 0 Å². The summed E-state index contributed by atoms with van der Waals surface area (Å²) in [6.45, 7) is 15.1. The number of hydrogen-bond acceptors (Lipinski definition) is 5. The van der Waals surface area contributed by atoms with E-state index in [1.165, 1.54) is 0 Å². The summed E-state index contributed by atoms with van der Waals surface area (Å²) in [4.78, 5) is 3.09. The highest BCUT2D eigenvalue weighted by atomic mass is 28.4. The Morgan fingerprint density at radius 2 is 1.72 bits per heavy atom. The molecule has 2 aliphatic rings. The minimum Gasteiger partial charge on any atom is -0.411 e. The van der Waals surface area contributed by atoms with Crippen molar-refractivity contribution < 1.29 is 18.6 Å². The molecular formula is C21H33N3O4Si. The summed E-state index contributed by atoms with van der Waals surface area (Å²) in [5.74, 6) is -0.755. The average molecular weight is 420 g/mol. The number of ether oxygens (including phenoxy) is 3. The Hall–Kier alpha value is -1.41. The van der Waals surface area contributed by atoms with E-state index in [9.17, 15) is 5.53 Å². The Morgan fingerprint density at radius 3 is 2.31 bits per heavy atom. The summed E-state index contributed by atoms with van der Waals surface area (Å²) in [6, 6.07) is 9.50. The fraction of sp³-hybridized carbons (Fsp3) is 0.714. The third-order valence-corrected chi connectivity index (χ3v) is 10.7. The lowest BCUT2D eigenvalue weighted by atomic mass is 10.2. The summed E-state index contributed by atoms with van der Waals surface area (Å²) in [5, 5.41) is 4.09. The maximum absolute atomic E-state index is 9.22. The van der Waals surface area contributed by atoms with Gasteiger partial charge >= 0.3 is 0 Å². The van der Waals surface area contributed by atoms with Gasteiger partial charge in [-0.1, -0.05) is 56.2 Å². The van der Waals surface area contributed by atoms with Gasteiger partial charge < -0.3 is 18.6 Å². The molecule has 8 heteroatoms. The predicted molar refractivity (Wildman–Crippen MR) is 114 cm³/mol. The molecule has 0 spiro atoms. The highest BCUT2D eigenvalue weighted by Gasteiger charge is 2.61. The third kappa shape index (κ3) is 4.68. The van der Waals surface area contributed by atoms with Crippen LogP contribution in [0.2, 0.25) is 18.1 Å². The molecule has 1 saturated heterocycles. The molecule has 1 heterocycles. The molecule has 1 aromatic carbocycles. The second kappa shape index (κ2) is 8.02. The van der Waals surface area contributed by atoms with E-state index in [-0.39, 0.29) is 17.2 Å². The Balaban J connectivity index is 1.91. The van der Waals surface area contributed by atoms with E-state index >= 15 is 0 Å². The average Bonchev–Trinajstić information content (AvgIpc) is 3.05. The van der Waals surface area contributed by atoms with Crippen LogP contribution in [0, 0.1) is 0 Å². The molecule has 0 bridgehead atoms. The van der Waals surface area contributed by atoms with E-state index in [0.29, 0.717) is 6.61 Å².